The summed E-state index contributed by atoms with van der Waals surface area (Å²) >= 11 is 5.90. The van der Waals surface area contributed by atoms with E-state index in [1.165, 1.54) is 6.20 Å². The second-order valence-corrected chi connectivity index (χ2v) is 7.17. The van der Waals surface area contributed by atoms with Crippen LogP contribution in [-0.2, 0) is 4.74 Å². The summed E-state index contributed by atoms with van der Waals surface area (Å²) in [5, 5.41) is 7.80. The van der Waals surface area contributed by atoms with E-state index in [0.717, 1.165) is 30.7 Å². The molecule has 1 aromatic carbocycles. The highest BCUT2D eigenvalue weighted by Crippen LogP contribution is 2.37. The maximum absolute atomic E-state index is 11.7. The predicted octanol–water partition coefficient (Wildman–Crippen LogP) is 3.20. The van der Waals surface area contributed by atoms with E-state index in [1.807, 2.05) is 29.1 Å². The van der Waals surface area contributed by atoms with Crippen molar-refractivity contribution < 1.29 is 14.3 Å². The second kappa shape index (κ2) is 8.68. The number of nitrogens with zero attached hydrogens (tertiary/aromatic N) is 4. The van der Waals surface area contributed by atoms with Gasteiger partial charge in [0.05, 0.1) is 31.1 Å². The van der Waals surface area contributed by atoms with Gasteiger partial charge in [-0.05, 0) is 42.6 Å². The summed E-state index contributed by atoms with van der Waals surface area (Å²) in [6.45, 7) is 1.46. The highest BCUT2D eigenvalue weighted by molar-refractivity contribution is 6.28. The van der Waals surface area contributed by atoms with Crippen molar-refractivity contribution in [2.45, 2.75) is 18.9 Å². The third kappa shape index (κ3) is 4.07. The number of halogens is 1. The van der Waals surface area contributed by atoms with Crippen molar-refractivity contribution in [3.05, 3.63) is 47.5 Å². The zero-order valence-electron chi connectivity index (χ0n) is 16.3. The number of benzene rings is 1. The Morgan fingerprint density at radius 3 is 3.00 bits per heavy atom. The maximum Gasteiger partial charge on any atom is 0.254 e. The van der Waals surface area contributed by atoms with E-state index in [0.29, 0.717) is 18.0 Å². The first-order valence-electron chi connectivity index (χ1n) is 9.46. The number of hydrogen-bond donors (Lipinski definition) is 2. The fraction of sp³-hybridized carbons (Fsp3) is 0.300. The molecule has 156 valence electrons. The molecule has 3 heterocycles. The van der Waals surface area contributed by atoms with E-state index in [1.54, 1.807) is 13.2 Å². The van der Waals surface area contributed by atoms with Crippen LogP contribution in [0.5, 0.6) is 5.75 Å². The van der Waals surface area contributed by atoms with Crippen LogP contribution in [0.15, 0.2) is 36.7 Å². The standard InChI is InChI=1S/C20H21ClN6O3/c1-29-17-13(15-7-8-27(26-15)12-4-3-9-30-11-12)5-2-6-16(17)24-19-14(18(22)28)10-23-20(21)25-19/h2,5-8,10,12H,3-4,9,11H2,1H3,(H2,22,28)(H,23,24,25). The smallest absolute Gasteiger partial charge is 0.254 e. The van der Waals surface area contributed by atoms with Crippen molar-refractivity contribution in [1.82, 2.24) is 19.7 Å². The highest BCUT2D eigenvalue weighted by atomic mass is 35.5. The Bertz CT molecular complexity index is 1060. The molecule has 0 saturated carbocycles. The van der Waals surface area contributed by atoms with Crippen LogP contribution in [0, 0.1) is 0 Å². The number of hydrogen-bond acceptors (Lipinski definition) is 7. The molecule has 30 heavy (non-hydrogen) atoms. The third-order valence-electron chi connectivity index (χ3n) is 4.89. The van der Waals surface area contributed by atoms with Gasteiger partial charge in [-0.3, -0.25) is 9.48 Å². The Morgan fingerprint density at radius 1 is 1.40 bits per heavy atom. The normalized spacial score (nSPS) is 16.3. The van der Waals surface area contributed by atoms with Crippen LogP contribution in [0.25, 0.3) is 11.3 Å². The minimum Gasteiger partial charge on any atom is -0.494 e. The molecule has 1 aliphatic rings. The van der Waals surface area contributed by atoms with Crippen LogP contribution in [0.1, 0.15) is 29.2 Å². The molecule has 0 radical (unpaired) electrons. The van der Waals surface area contributed by atoms with E-state index in [2.05, 4.69) is 15.3 Å². The molecule has 0 aliphatic carbocycles. The second-order valence-electron chi connectivity index (χ2n) is 6.83. The predicted molar refractivity (Wildman–Crippen MR) is 112 cm³/mol. The summed E-state index contributed by atoms with van der Waals surface area (Å²) in [7, 11) is 1.57. The first kappa shape index (κ1) is 20.1. The van der Waals surface area contributed by atoms with Gasteiger partial charge in [-0.25, -0.2) is 4.98 Å². The van der Waals surface area contributed by atoms with Crippen molar-refractivity contribution in [3.63, 3.8) is 0 Å². The van der Waals surface area contributed by atoms with E-state index in [-0.39, 0.29) is 22.7 Å². The van der Waals surface area contributed by atoms with Gasteiger partial charge in [-0.15, -0.1) is 0 Å². The number of aromatic nitrogens is 4. The van der Waals surface area contributed by atoms with Crippen molar-refractivity contribution in [3.8, 4) is 17.0 Å². The zero-order valence-corrected chi connectivity index (χ0v) is 17.1. The maximum atomic E-state index is 11.7. The minimum absolute atomic E-state index is 0.00827. The zero-order chi connectivity index (χ0) is 21.1. The molecule has 1 fully saturated rings. The fourth-order valence-electron chi connectivity index (χ4n) is 3.44. The molecule has 3 aromatic rings. The lowest BCUT2D eigenvalue weighted by Gasteiger charge is -2.22. The Labute approximate surface area is 178 Å². The van der Waals surface area contributed by atoms with Crippen LogP contribution in [0.3, 0.4) is 0 Å². The SMILES string of the molecule is COc1c(Nc2nc(Cl)ncc2C(N)=O)cccc1-c1ccn(C2CCCOC2)n1. The Balaban J connectivity index is 1.68. The molecule has 1 saturated heterocycles. The van der Waals surface area contributed by atoms with Crippen LogP contribution in [0.4, 0.5) is 11.5 Å². The first-order valence-corrected chi connectivity index (χ1v) is 9.84. The molecule has 1 atom stereocenters. The molecule has 1 amide bonds. The van der Waals surface area contributed by atoms with Crippen molar-refractivity contribution >= 4 is 29.0 Å². The largest absolute Gasteiger partial charge is 0.494 e. The molecule has 0 bridgehead atoms. The van der Waals surface area contributed by atoms with Gasteiger partial charge in [0.1, 0.15) is 11.4 Å². The summed E-state index contributed by atoms with van der Waals surface area (Å²) in [5.74, 6) is 0.0772. The van der Waals surface area contributed by atoms with E-state index < -0.39 is 5.91 Å². The average Bonchev–Trinajstić information content (AvgIpc) is 3.24. The molecule has 9 nitrogen and oxygen atoms in total. The molecular weight excluding hydrogens is 408 g/mol. The Kier molecular flexibility index (Phi) is 5.82. The molecule has 2 aromatic heterocycles. The summed E-state index contributed by atoms with van der Waals surface area (Å²) < 4.78 is 13.2. The number of ether oxygens (including phenoxy) is 2. The number of para-hydroxylation sites is 1. The first-order chi connectivity index (χ1) is 14.6. The van der Waals surface area contributed by atoms with Gasteiger partial charge in [-0.2, -0.15) is 10.1 Å². The quantitative estimate of drug-likeness (QED) is 0.579. The minimum atomic E-state index is -0.669. The Hall–Kier alpha value is -3.17. The lowest BCUT2D eigenvalue weighted by atomic mass is 10.1. The summed E-state index contributed by atoms with van der Waals surface area (Å²) in [5.41, 5.74) is 7.68. The van der Waals surface area contributed by atoms with E-state index >= 15 is 0 Å². The summed E-state index contributed by atoms with van der Waals surface area (Å²) in [6.07, 6.45) is 5.28. The topological polar surface area (TPSA) is 117 Å². The molecule has 1 aliphatic heterocycles. The monoisotopic (exact) mass is 428 g/mol. The van der Waals surface area contributed by atoms with Gasteiger partial charge in [-0.1, -0.05) is 6.07 Å². The number of nitrogens with one attached hydrogen (secondary N) is 1. The molecule has 1 unspecified atom stereocenters. The van der Waals surface area contributed by atoms with Crippen molar-refractivity contribution in [2.24, 2.45) is 5.73 Å². The molecule has 4 rings (SSSR count). The van der Waals surface area contributed by atoms with Gasteiger partial charge in [0, 0.05) is 24.6 Å². The van der Waals surface area contributed by atoms with Crippen LogP contribution >= 0.6 is 11.6 Å². The van der Waals surface area contributed by atoms with Gasteiger partial charge in [0.15, 0.2) is 5.75 Å². The number of rotatable bonds is 6. The number of carbonyl (C=O) groups is 1. The average molecular weight is 429 g/mol. The molecule has 0 spiro atoms. The van der Waals surface area contributed by atoms with Crippen LogP contribution < -0.4 is 15.8 Å². The van der Waals surface area contributed by atoms with E-state index in [9.17, 15) is 4.79 Å². The Morgan fingerprint density at radius 2 is 2.27 bits per heavy atom. The van der Waals surface area contributed by atoms with Gasteiger partial charge in [0.25, 0.3) is 5.91 Å². The number of anilines is 2. The molecule has 10 heteroatoms. The number of primary amides is 1. The third-order valence-corrected chi connectivity index (χ3v) is 5.07. The molecular formula is C20H21ClN6O3. The van der Waals surface area contributed by atoms with Gasteiger partial charge in [0.2, 0.25) is 5.28 Å². The van der Waals surface area contributed by atoms with Crippen LogP contribution in [0.2, 0.25) is 5.28 Å². The lowest BCUT2D eigenvalue weighted by Crippen LogP contribution is -2.21. The fourth-order valence-corrected chi connectivity index (χ4v) is 3.57. The molecule has 3 N–H and O–H groups in total. The van der Waals surface area contributed by atoms with Gasteiger partial charge >= 0.3 is 0 Å². The number of amides is 1. The summed E-state index contributed by atoms with van der Waals surface area (Å²) in [4.78, 5) is 19.6. The lowest BCUT2D eigenvalue weighted by molar-refractivity contribution is 0.0550. The van der Waals surface area contributed by atoms with Crippen LogP contribution in [-0.4, -0.2) is 46.0 Å². The van der Waals surface area contributed by atoms with Crippen molar-refractivity contribution in [2.75, 3.05) is 25.6 Å². The number of methoxy groups -OCH3 is 1. The van der Waals surface area contributed by atoms with Gasteiger partial charge < -0.3 is 20.5 Å². The summed E-state index contributed by atoms with van der Waals surface area (Å²) in [6, 6.07) is 7.73. The van der Waals surface area contributed by atoms with E-state index in [4.69, 9.17) is 31.9 Å². The van der Waals surface area contributed by atoms with Crippen molar-refractivity contribution in [1.29, 1.82) is 0 Å². The highest BCUT2D eigenvalue weighted by Gasteiger charge is 2.20. The number of carbonyl (C=O) groups excluding carboxylic acids is 1. The number of nitrogens with two attached hydrogens (primary N) is 1.